The van der Waals surface area contributed by atoms with Crippen molar-refractivity contribution in [3.63, 3.8) is 0 Å². The normalized spacial score (nSPS) is 9.64. The number of carbonyl (C=O) groups is 1. The van der Waals surface area contributed by atoms with E-state index in [4.69, 9.17) is 9.84 Å². The number of anilines is 1. The monoisotopic (exact) mass is 263 g/mol. The van der Waals surface area contributed by atoms with Gasteiger partial charge in [0.2, 0.25) is 0 Å². The average molecular weight is 264 g/mol. The molecule has 4 nitrogen and oxygen atoms in total. The summed E-state index contributed by atoms with van der Waals surface area (Å²) < 4.78 is 18.0. The third-order valence-corrected chi connectivity index (χ3v) is 2.14. The van der Waals surface area contributed by atoms with E-state index in [9.17, 15) is 9.18 Å². The lowest BCUT2D eigenvalue weighted by Gasteiger charge is -2.07. The highest BCUT2D eigenvalue weighted by atomic mass is 79.9. The van der Waals surface area contributed by atoms with E-state index in [1.54, 1.807) is 0 Å². The number of methoxy groups -OCH3 is 1. The van der Waals surface area contributed by atoms with Gasteiger partial charge in [-0.05, 0) is 22.0 Å². The number of ether oxygens (including phenoxy) is 1. The maximum Gasteiger partial charge on any atom is 0.409 e. The summed E-state index contributed by atoms with van der Waals surface area (Å²) in [4.78, 5) is 10.3. The van der Waals surface area contributed by atoms with Crippen molar-refractivity contribution in [3.05, 3.63) is 22.4 Å². The second-order valence-electron chi connectivity index (χ2n) is 2.40. The molecule has 0 heterocycles. The maximum atomic E-state index is 13.0. The summed E-state index contributed by atoms with van der Waals surface area (Å²) in [5.74, 6) is -0.577. The lowest BCUT2D eigenvalue weighted by molar-refractivity contribution is 0.209. The highest BCUT2D eigenvalue weighted by Gasteiger charge is 2.10. The molecule has 1 rings (SSSR count). The standard InChI is InChI=1S/C8H7BrFNO3/c1-14-7-3-6(11-8(12)13)4(9)2-5(7)10/h2-3,11H,1H3,(H,12,13). The van der Waals surface area contributed by atoms with E-state index in [1.165, 1.54) is 13.2 Å². The van der Waals surface area contributed by atoms with E-state index < -0.39 is 11.9 Å². The van der Waals surface area contributed by atoms with Crippen molar-refractivity contribution >= 4 is 27.7 Å². The molecule has 0 radical (unpaired) electrons. The predicted octanol–water partition coefficient (Wildman–Crippen LogP) is 2.69. The van der Waals surface area contributed by atoms with E-state index in [0.29, 0.717) is 4.47 Å². The lowest BCUT2D eigenvalue weighted by Crippen LogP contribution is -2.08. The molecule has 0 aliphatic rings. The number of hydrogen-bond acceptors (Lipinski definition) is 2. The lowest BCUT2D eigenvalue weighted by atomic mass is 10.3. The average Bonchev–Trinajstić information content (AvgIpc) is 2.09. The molecule has 6 heteroatoms. The predicted molar refractivity (Wildman–Crippen MR) is 52.3 cm³/mol. The molecule has 0 aromatic heterocycles. The zero-order valence-electron chi connectivity index (χ0n) is 7.17. The van der Waals surface area contributed by atoms with Gasteiger partial charge in [-0.2, -0.15) is 0 Å². The van der Waals surface area contributed by atoms with Gasteiger partial charge in [0.1, 0.15) is 0 Å². The van der Waals surface area contributed by atoms with Crippen LogP contribution in [0, 0.1) is 5.82 Å². The highest BCUT2D eigenvalue weighted by molar-refractivity contribution is 9.10. The van der Waals surface area contributed by atoms with Gasteiger partial charge in [-0.25, -0.2) is 9.18 Å². The topological polar surface area (TPSA) is 58.6 Å². The van der Waals surface area contributed by atoms with Crippen molar-refractivity contribution in [1.82, 2.24) is 0 Å². The first-order valence-corrected chi connectivity index (χ1v) is 4.37. The van der Waals surface area contributed by atoms with Crippen molar-refractivity contribution in [3.8, 4) is 5.75 Å². The zero-order valence-corrected chi connectivity index (χ0v) is 8.76. The molecule has 1 aromatic rings. The van der Waals surface area contributed by atoms with Gasteiger partial charge >= 0.3 is 6.09 Å². The molecule has 0 spiro atoms. The summed E-state index contributed by atoms with van der Waals surface area (Å²) in [5, 5.41) is 10.6. The second kappa shape index (κ2) is 4.28. The molecule has 0 aliphatic carbocycles. The Labute approximate surface area is 87.8 Å². The number of hydrogen-bond donors (Lipinski definition) is 2. The zero-order chi connectivity index (χ0) is 10.7. The Morgan fingerprint density at radius 1 is 1.64 bits per heavy atom. The Morgan fingerprint density at radius 2 is 2.29 bits per heavy atom. The largest absolute Gasteiger partial charge is 0.494 e. The molecule has 0 fully saturated rings. The van der Waals surface area contributed by atoms with Gasteiger partial charge in [-0.3, -0.25) is 5.32 Å². The van der Waals surface area contributed by atoms with Crippen LogP contribution in [0.2, 0.25) is 0 Å². The van der Waals surface area contributed by atoms with Gasteiger partial charge in [0.05, 0.1) is 12.8 Å². The Kier molecular flexibility index (Phi) is 3.29. The Balaban J connectivity index is 3.10. The molecular weight excluding hydrogens is 257 g/mol. The van der Waals surface area contributed by atoms with Gasteiger partial charge in [0, 0.05) is 10.5 Å². The molecule has 0 aliphatic heterocycles. The summed E-state index contributed by atoms with van der Waals surface area (Å²) in [5.41, 5.74) is 0.232. The Bertz CT molecular complexity index is 370. The van der Waals surface area contributed by atoms with Crippen LogP contribution < -0.4 is 10.1 Å². The van der Waals surface area contributed by atoms with E-state index in [2.05, 4.69) is 21.2 Å². The number of amides is 1. The summed E-state index contributed by atoms with van der Waals surface area (Å²) in [7, 11) is 1.30. The van der Waals surface area contributed by atoms with E-state index in [0.717, 1.165) is 6.07 Å². The number of benzene rings is 1. The molecule has 0 bridgehead atoms. The third kappa shape index (κ3) is 2.35. The summed E-state index contributed by atoms with van der Waals surface area (Å²) in [6, 6.07) is 2.39. The van der Waals surface area contributed by atoms with Gasteiger partial charge in [0.15, 0.2) is 11.6 Å². The van der Waals surface area contributed by atoms with Crippen LogP contribution >= 0.6 is 15.9 Å². The van der Waals surface area contributed by atoms with Gasteiger partial charge < -0.3 is 9.84 Å². The second-order valence-corrected chi connectivity index (χ2v) is 3.25. The van der Waals surface area contributed by atoms with Crippen LogP contribution in [0.3, 0.4) is 0 Å². The summed E-state index contributed by atoms with van der Waals surface area (Å²) >= 11 is 3.02. The number of carboxylic acid groups (broad SMARTS) is 1. The molecule has 0 atom stereocenters. The minimum atomic E-state index is -1.22. The van der Waals surface area contributed by atoms with Crippen molar-refractivity contribution in [2.24, 2.45) is 0 Å². The first-order chi connectivity index (χ1) is 6.54. The number of halogens is 2. The van der Waals surface area contributed by atoms with Crippen LogP contribution in [-0.4, -0.2) is 18.3 Å². The maximum absolute atomic E-state index is 13.0. The molecule has 1 aromatic carbocycles. The van der Waals surface area contributed by atoms with Crippen molar-refractivity contribution in [2.75, 3.05) is 12.4 Å². The van der Waals surface area contributed by atoms with Crippen LogP contribution in [0.4, 0.5) is 14.9 Å². The van der Waals surface area contributed by atoms with E-state index in [-0.39, 0.29) is 11.4 Å². The van der Waals surface area contributed by atoms with Crippen molar-refractivity contribution in [2.45, 2.75) is 0 Å². The molecule has 2 N–H and O–H groups in total. The quantitative estimate of drug-likeness (QED) is 0.863. The summed E-state index contributed by atoms with van der Waals surface area (Å²) in [6.45, 7) is 0. The van der Waals surface area contributed by atoms with Crippen LogP contribution in [0.1, 0.15) is 0 Å². The molecule has 0 saturated carbocycles. The Hall–Kier alpha value is -1.30. The molecule has 0 saturated heterocycles. The van der Waals surface area contributed by atoms with Crippen LogP contribution in [0.25, 0.3) is 0 Å². The minimum absolute atomic E-state index is 0.0167. The minimum Gasteiger partial charge on any atom is -0.494 e. The molecule has 14 heavy (non-hydrogen) atoms. The van der Waals surface area contributed by atoms with Crippen molar-refractivity contribution in [1.29, 1.82) is 0 Å². The molecule has 1 amide bonds. The van der Waals surface area contributed by atoms with E-state index in [1.807, 2.05) is 0 Å². The summed E-state index contributed by atoms with van der Waals surface area (Å²) in [6.07, 6.45) is -1.22. The molecular formula is C8H7BrFNO3. The molecule has 0 unspecified atom stereocenters. The third-order valence-electron chi connectivity index (χ3n) is 1.48. The van der Waals surface area contributed by atoms with Crippen LogP contribution in [0.5, 0.6) is 5.75 Å². The smallest absolute Gasteiger partial charge is 0.409 e. The number of nitrogens with one attached hydrogen (secondary N) is 1. The van der Waals surface area contributed by atoms with Crippen molar-refractivity contribution < 1.29 is 19.0 Å². The number of rotatable bonds is 2. The molecule has 76 valence electrons. The van der Waals surface area contributed by atoms with E-state index >= 15 is 0 Å². The first-order valence-electron chi connectivity index (χ1n) is 3.57. The SMILES string of the molecule is COc1cc(NC(=O)O)c(Br)cc1F. The van der Waals surface area contributed by atoms with Gasteiger partial charge in [-0.15, -0.1) is 0 Å². The van der Waals surface area contributed by atoms with Crippen LogP contribution in [-0.2, 0) is 0 Å². The fraction of sp³-hybridized carbons (Fsp3) is 0.125. The van der Waals surface area contributed by atoms with Gasteiger partial charge in [-0.1, -0.05) is 0 Å². The Morgan fingerprint density at radius 3 is 2.79 bits per heavy atom. The highest BCUT2D eigenvalue weighted by Crippen LogP contribution is 2.29. The van der Waals surface area contributed by atoms with Gasteiger partial charge in [0.25, 0.3) is 0 Å². The first kappa shape index (κ1) is 10.8. The van der Waals surface area contributed by atoms with Crippen LogP contribution in [0.15, 0.2) is 16.6 Å². The fourth-order valence-electron chi connectivity index (χ4n) is 0.897. The fourth-order valence-corrected chi connectivity index (χ4v) is 1.31.